The average molecular weight is 385 g/mol. The van der Waals surface area contributed by atoms with Gasteiger partial charge in [-0.15, -0.1) is 0 Å². The molecule has 0 bridgehead atoms. The number of nitrogen functional groups attached to an aromatic ring is 1. The van der Waals surface area contributed by atoms with Crippen LogP contribution in [0.15, 0.2) is 67.3 Å². The predicted molar refractivity (Wildman–Crippen MR) is 105 cm³/mol. The molecule has 0 aliphatic heterocycles. The normalized spacial score (nSPS) is 10.3. The number of halogens is 2. The molecule has 0 aliphatic carbocycles. The maximum atomic E-state index is 14.4. The molecule has 0 aliphatic rings. The van der Waals surface area contributed by atoms with Crippen molar-refractivity contribution < 1.29 is 8.78 Å². The molecule has 29 heavy (non-hydrogen) atoms. The highest BCUT2D eigenvalue weighted by Gasteiger charge is 2.17. The molecule has 0 saturated heterocycles. The van der Waals surface area contributed by atoms with Crippen LogP contribution < -0.4 is 5.73 Å². The number of hydrogen-bond donors (Lipinski definition) is 1. The van der Waals surface area contributed by atoms with E-state index in [1.54, 1.807) is 36.7 Å². The second kappa shape index (κ2) is 7.82. The third-order valence-corrected chi connectivity index (χ3v) is 4.05. The first-order chi connectivity index (χ1) is 14.1. The van der Waals surface area contributed by atoms with Gasteiger partial charge in [0.25, 0.3) is 0 Å². The largest absolute Gasteiger partial charge is 0.381 e. The van der Waals surface area contributed by atoms with Gasteiger partial charge in [-0.3, -0.25) is 9.97 Å². The first-order valence-electron chi connectivity index (χ1n) is 8.57. The first-order valence-corrected chi connectivity index (χ1v) is 8.57. The Bertz CT molecular complexity index is 1230. The van der Waals surface area contributed by atoms with Crippen molar-refractivity contribution in [3.05, 3.63) is 90.1 Å². The molecule has 0 amide bonds. The van der Waals surface area contributed by atoms with Crippen molar-refractivity contribution in [1.82, 2.24) is 19.9 Å². The molecule has 4 aromatic rings. The van der Waals surface area contributed by atoms with Gasteiger partial charge in [-0.25, -0.2) is 18.7 Å². The third-order valence-electron chi connectivity index (χ3n) is 4.05. The van der Waals surface area contributed by atoms with Gasteiger partial charge >= 0.3 is 0 Å². The minimum absolute atomic E-state index is 0.0941. The minimum atomic E-state index is -0.547. The molecule has 3 aromatic heterocycles. The quantitative estimate of drug-likeness (QED) is 0.530. The zero-order valence-corrected chi connectivity index (χ0v) is 15.0. The Morgan fingerprint density at radius 1 is 0.793 bits per heavy atom. The molecule has 0 atom stereocenters. The molecule has 5 nitrogen and oxygen atoms in total. The monoisotopic (exact) mass is 385 g/mol. The van der Waals surface area contributed by atoms with E-state index in [0.29, 0.717) is 16.8 Å². The molecule has 0 unspecified atom stereocenters. The van der Waals surface area contributed by atoms with Gasteiger partial charge in [0, 0.05) is 35.3 Å². The van der Waals surface area contributed by atoms with Crippen molar-refractivity contribution in [3.8, 4) is 34.4 Å². The maximum absolute atomic E-state index is 14.4. The molecule has 7 heteroatoms. The molecule has 4 rings (SSSR count). The van der Waals surface area contributed by atoms with Crippen LogP contribution in [0.5, 0.6) is 0 Å². The van der Waals surface area contributed by atoms with Gasteiger partial charge in [-0.1, -0.05) is 5.92 Å². The van der Waals surface area contributed by atoms with Crippen LogP contribution >= 0.6 is 0 Å². The third kappa shape index (κ3) is 3.92. The van der Waals surface area contributed by atoms with E-state index in [1.165, 1.54) is 24.4 Å². The van der Waals surface area contributed by atoms with E-state index in [2.05, 4.69) is 31.8 Å². The van der Waals surface area contributed by atoms with Crippen LogP contribution in [0.3, 0.4) is 0 Å². The van der Waals surface area contributed by atoms with Crippen LogP contribution in [0, 0.1) is 23.5 Å². The predicted octanol–water partition coefficient (Wildman–Crippen LogP) is 3.86. The number of nitrogens with two attached hydrogens (primary N) is 1. The molecule has 1 aromatic carbocycles. The lowest BCUT2D eigenvalue weighted by Crippen LogP contribution is -2.04. The zero-order chi connectivity index (χ0) is 20.2. The average Bonchev–Trinajstić information content (AvgIpc) is 2.75. The Kier molecular flexibility index (Phi) is 4.91. The van der Waals surface area contributed by atoms with Gasteiger partial charge in [-0.2, -0.15) is 0 Å². The number of benzene rings is 1. The van der Waals surface area contributed by atoms with Gasteiger partial charge < -0.3 is 5.73 Å². The number of aromatic nitrogens is 4. The number of rotatable bonds is 2. The summed E-state index contributed by atoms with van der Waals surface area (Å²) in [7, 11) is 0. The van der Waals surface area contributed by atoms with E-state index in [1.807, 2.05) is 0 Å². The smallest absolute Gasteiger partial charge is 0.158 e. The summed E-state index contributed by atoms with van der Waals surface area (Å²) in [6, 6.07) is 10.7. The fourth-order valence-corrected chi connectivity index (χ4v) is 2.66. The van der Waals surface area contributed by atoms with Crippen LogP contribution in [0.2, 0.25) is 0 Å². The van der Waals surface area contributed by atoms with E-state index in [4.69, 9.17) is 5.73 Å². The SMILES string of the molecule is Nc1nc(-c2cccnc2)c(-c2ccncc2F)nc1C#Cc1ccc(F)cc1. The molecule has 2 N–H and O–H groups in total. The van der Waals surface area contributed by atoms with Crippen LogP contribution in [0.1, 0.15) is 11.3 Å². The van der Waals surface area contributed by atoms with E-state index >= 15 is 0 Å². The van der Waals surface area contributed by atoms with Gasteiger partial charge in [0.15, 0.2) is 17.3 Å². The fourth-order valence-electron chi connectivity index (χ4n) is 2.66. The van der Waals surface area contributed by atoms with E-state index < -0.39 is 5.82 Å². The summed E-state index contributed by atoms with van der Waals surface area (Å²) in [5.41, 5.74) is 8.35. The number of hydrogen-bond acceptors (Lipinski definition) is 5. The summed E-state index contributed by atoms with van der Waals surface area (Å²) < 4.78 is 27.5. The summed E-state index contributed by atoms with van der Waals surface area (Å²) in [6.45, 7) is 0. The lowest BCUT2D eigenvalue weighted by Gasteiger charge is -2.11. The van der Waals surface area contributed by atoms with Crippen molar-refractivity contribution in [2.45, 2.75) is 0 Å². The summed E-state index contributed by atoms with van der Waals surface area (Å²) in [5, 5.41) is 0. The molecule has 0 radical (unpaired) electrons. The van der Waals surface area contributed by atoms with Crippen LogP contribution in [0.25, 0.3) is 22.5 Å². The van der Waals surface area contributed by atoms with E-state index in [0.717, 1.165) is 6.20 Å². The highest BCUT2D eigenvalue weighted by Crippen LogP contribution is 2.31. The molecule has 0 saturated carbocycles. The second-order valence-electron chi connectivity index (χ2n) is 6.01. The van der Waals surface area contributed by atoms with Crippen molar-refractivity contribution in [2.24, 2.45) is 0 Å². The van der Waals surface area contributed by atoms with E-state index in [-0.39, 0.29) is 28.6 Å². The highest BCUT2D eigenvalue weighted by atomic mass is 19.1. The minimum Gasteiger partial charge on any atom is -0.381 e. The Morgan fingerprint density at radius 2 is 1.59 bits per heavy atom. The van der Waals surface area contributed by atoms with Crippen LogP contribution in [-0.4, -0.2) is 19.9 Å². The second-order valence-corrected chi connectivity index (χ2v) is 6.01. The van der Waals surface area contributed by atoms with Gasteiger partial charge in [0.05, 0.1) is 6.20 Å². The summed E-state index contributed by atoms with van der Waals surface area (Å²) >= 11 is 0. The summed E-state index contributed by atoms with van der Waals surface area (Å²) in [6.07, 6.45) is 5.78. The number of anilines is 1. The first kappa shape index (κ1) is 18.2. The standard InChI is InChI=1S/C22H13F2N5/c23-16-6-3-14(4-7-16)5-8-19-22(25)29-20(15-2-1-10-26-12-15)21(28-19)17-9-11-27-13-18(17)24/h1-4,6-7,9-13H,(H2,25,29). The van der Waals surface area contributed by atoms with Gasteiger partial charge in [0.2, 0.25) is 0 Å². The summed E-state index contributed by atoms with van der Waals surface area (Å²) in [5.74, 6) is 4.89. The Balaban J connectivity index is 1.88. The molecule has 0 spiro atoms. The highest BCUT2D eigenvalue weighted by molar-refractivity contribution is 5.79. The van der Waals surface area contributed by atoms with Crippen LogP contribution in [0.4, 0.5) is 14.6 Å². The van der Waals surface area contributed by atoms with Crippen molar-refractivity contribution in [2.75, 3.05) is 5.73 Å². The van der Waals surface area contributed by atoms with Gasteiger partial charge in [0.1, 0.15) is 17.2 Å². The molecule has 3 heterocycles. The van der Waals surface area contributed by atoms with E-state index in [9.17, 15) is 8.78 Å². The Hall–Kier alpha value is -4.18. The van der Waals surface area contributed by atoms with Crippen molar-refractivity contribution in [1.29, 1.82) is 0 Å². The Morgan fingerprint density at radius 3 is 2.31 bits per heavy atom. The van der Waals surface area contributed by atoms with Crippen molar-refractivity contribution in [3.63, 3.8) is 0 Å². The molecule has 0 fully saturated rings. The molecular formula is C22H13F2N5. The van der Waals surface area contributed by atoms with Crippen molar-refractivity contribution >= 4 is 5.82 Å². The molecular weight excluding hydrogens is 372 g/mol. The van der Waals surface area contributed by atoms with Gasteiger partial charge in [-0.05, 0) is 48.4 Å². The molecule has 140 valence electrons. The topological polar surface area (TPSA) is 77.6 Å². The Labute approximate surface area is 165 Å². The lowest BCUT2D eigenvalue weighted by atomic mass is 10.1. The maximum Gasteiger partial charge on any atom is 0.158 e. The lowest BCUT2D eigenvalue weighted by molar-refractivity contribution is 0.624. The number of pyridine rings is 2. The fraction of sp³-hybridized carbons (Fsp3) is 0. The summed E-state index contributed by atoms with van der Waals surface area (Å²) in [4.78, 5) is 16.8. The number of nitrogens with zero attached hydrogens (tertiary/aromatic N) is 4. The zero-order valence-electron chi connectivity index (χ0n) is 15.0. The van der Waals surface area contributed by atoms with Crippen LogP contribution in [-0.2, 0) is 0 Å².